The molecule has 1 atom stereocenters. The van der Waals surface area contributed by atoms with Crippen LogP contribution in [0.1, 0.15) is 24.5 Å². The molecule has 0 bridgehead atoms. The maximum Gasteiger partial charge on any atom is 0.418 e. The molecule has 0 fully saturated rings. The molecule has 0 heterocycles. The molecule has 0 radical (unpaired) electrons. The van der Waals surface area contributed by atoms with Crippen molar-refractivity contribution in [3.8, 4) is 0 Å². The fourth-order valence-corrected chi connectivity index (χ4v) is 2.47. The second-order valence-corrected chi connectivity index (χ2v) is 6.37. The van der Waals surface area contributed by atoms with Gasteiger partial charge in [-0.2, -0.15) is 13.2 Å². The number of hydrogen-bond donors (Lipinski definition) is 1. The van der Waals surface area contributed by atoms with E-state index >= 15 is 0 Å². The normalized spacial score (nSPS) is 12.4. The summed E-state index contributed by atoms with van der Waals surface area (Å²) in [6, 6.07) is 8.44. The molecule has 28 heavy (non-hydrogen) atoms. The van der Waals surface area contributed by atoms with E-state index in [1.807, 2.05) is 0 Å². The van der Waals surface area contributed by atoms with E-state index in [1.165, 1.54) is 37.3 Å². The number of halogens is 5. The van der Waals surface area contributed by atoms with Crippen LogP contribution in [0.5, 0.6) is 0 Å². The summed E-state index contributed by atoms with van der Waals surface area (Å²) in [5, 5.41) is 1.96. The lowest BCUT2D eigenvalue weighted by atomic mass is 10.1. The SMILES string of the molecule is CC(OC(=O)CCc1ccc(F)cc1)C(=O)Nc1ccc(Cl)cc1C(F)(F)F. The maximum absolute atomic E-state index is 13.1. The third-order valence-electron chi connectivity index (χ3n) is 3.75. The Labute approximate surface area is 163 Å². The highest BCUT2D eigenvalue weighted by Gasteiger charge is 2.34. The predicted molar refractivity (Wildman–Crippen MR) is 95.4 cm³/mol. The second kappa shape index (κ2) is 9.05. The molecular weight excluding hydrogens is 402 g/mol. The van der Waals surface area contributed by atoms with Crippen LogP contribution in [0.2, 0.25) is 5.02 Å². The third kappa shape index (κ3) is 6.23. The number of nitrogens with one attached hydrogen (secondary N) is 1. The summed E-state index contributed by atoms with van der Waals surface area (Å²) < 4.78 is 57.0. The summed E-state index contributed by atoms with van der Waals surface area (Å²) in [4.78, 5) is 23.9. The van der Waals surface area contributed by atoms with E-state index in [9.17, 15) is 27.2 Å². The van der Waals surface area contributed by atoms with Crippen molar-refractivity contribution in [2.45, 2.75) is 32.0 Å². The number of rotatable bonds is 6. The molecule has 0 spiro atoms. The molecule has 1 unspecified atom stereocenters. The van der Waals surface area contributed by atoms with Gasteiger partial charge in [-0.15, -0.1) is 0 Å². The molecule has 2 aromatic carbocycles. The fourth-order valence-electron chi connectivity index (χ4n) is 2.30. The van der Waals surface area contributed by atoms with Crippen LogP contribution in [0.4, 0.5) is 23.2 Å². The van der Waals surface area contributed by atoms with Gasteiger partial charge in [-0.05, 0) is 49.2 Å². The van der Waals surface area contributed by atoms with Crippen molar-refractivity contribution >= 4 is 29.2 Å². The van der Waals surface area contributed by atoms with Crippen molar-refractivity contribution in [2.24, 2.45) is 0 Å². The highest BCUT2D eigenvalue weighted by atomic mass is 35.5. The van der Waals surface area contributed by atoms with Gasteiger partial charge in [-0.3, -0.25) is 9.59 Å². The van der Waals surface area contributed by atoms with Crippen LogP contribution in [0.15, 0.2) is 42.5 Å². The van der Waals surface area contributed by atoms with Crippen LogP contribution in [-0.4, -0.2) is 18.0 Å². The van der Waals surface area contributed by atoms with Crippen LogP contribution in [-0.2, 0) is 26.9 Å². The Balaban J connectivity index is 1.94. The van der Waals surface area contributed by atoms with Gasteiger partial charge in [0.05, 0.1) is 11.3 Å². The number of aryl methyl sites for hydroxylation is 1. The number of anilines is 1. The Morgan fingerprint density at radius 2 is 1.79 bits per heavy atom. The zero-order valence-corrected chi connectivity index (χ0v) is 15.4. The summed E-state index contributed by atoms with van der Waals surface area (Å²) in [7, 11) is 0. The lowest BCUT2D eigenvalue weighted by Crippen LogP contribution is -2.30. The van der Waals surface area contributed by atoms with E-state index in [4.69, 9.17) is 16.3 Å². The molecule has 0 aliphatic carbocycles. The van der Waals surface area contributed by atoms with Gasteiger partial charge in [-0.1, -0.05) is 23.7 Å². The molecule has 0 aliphatic rings. The highest BCUT2D eigenvalue weighted by molar-refractivity contribution is 6.30. The number of hydrogen-bond acceptors (Lipinski definition) is 3. The first kappa shape index (κ1) is 21.7. The van der Waals surface area contributed by atoms with Gasteiger partial charge in [0.1, 0.15) is 5.82 Å². The minimum atomic E-state index is -4.72. The monoisotopic (exact) mass is 417 g/mol. The summed E-state index contributed by atoms with van der Waals surface area (Å²) in [5.41, 5.74) is -0.897. The first-order chi connectivity index (χ1) is 13.1. The van der Waals surface area contributed by atoms with Crippen molar-refractivity contribution < 1.29 is 31.9 Å². The Kier molecular flexibility index (Phi) is 7.01. The molecule has 0 aromatic heterocycles. The quantitative estimate of drug-likeness (QED) is 0.531. The first-order valence-corrected chi connectivity index (χ1v) is 8.55. The Bertz CT molecular complexity index is 853. The molecule has 9 heteroatoms. The number of ether oxygens (including phenoxy) is 1. The van der Waals surface area contributed by atoms with Crippen molar-refractivity contribution in [2.75, 3.05) is 5.32 Å². The van der Waals surface area contributed by atoms with Gasteiger partial charge in [0.15, 0.2) is 6.10 Å². The largest absolute Gasteiger partial charge is 0.453 e. The van der Waals surface area contributed by atoms with Crippen molar-refractivity contribution in [1.29, 1.82) is 0 Å². The van der Waals surface area contributed by atoms with Gasteiger partial charge in [0.2, 0.25) is 0 Å². The number of carbonyl (C=O) groups excluding carboxylic acids is 2. The van der Waals surface area contributed by atoms with E-state index in [1.54, 1.807) is 0 Å². The third-order valence-corrected chi connectivity index (χ3v) is 3.99. The average molecular weight is 418 g/mol. The molecule has 0 aliphatic heterocycles. The summed E-state index contributed by atoms with van der Waals surface area (Å²) in [6.45, 7) is 1.24. The number of benzene rings is 2. The number of alkyl halides is 3. The number of carbonyl (C=O) groups is 2. The van der Waals surface area contributed by atoms with Crippen LogP contribution in [0, 0.1) is 5.82 Å². The van der Waals surface area contributed by atoms with Crippen LogP contribution < -0.4 is 5.32 Å². The fraction of sp³-hybridized carbons (Fsp3) is 0.263. The van der Waals surface area contributed by atoms with Crippen LogP contribution >= 0.6 is 11.6 Å². The van der Waals surface area contributed by atoms with E-state index in [0.29, 0.717) is 11.6 Å². The van der Waals surface area contributed by atoms with Crippen LogP contribution in [0.25, 0.3) is 0 Å². The topological polar surface area (TPSA) is 55.4 Å². The molecular formula is C19H16ClF4NO3. The predicted octanol–water partition coefficient (Wildman–Crippen LogP) is 5.00. The zero-order valence-electron chi connectivity index (χ0n) is 14.6. The minimum Gasteiger partial charge on any atom is -0.453 e. The summed E-state index contributed by atoms with van der Waals surface area (Å²) in [6.07, 6.45) is -5.83. The summed E-state index contributed by atoms with van der Waals surface area (Å²) >= 11 is 5.58. The standard InChI is InChI=1S/C19H16ClF4NO3/c1-11(28-17(26)9-4-12-2-6-14(21)7-3-12)18(27)25-16-8-5-13(20)10-15(16)19(22,23)24/h2-3,5-8,10-11H,4,9H2,1H3,(H,25,27). The van der Waals surface area contributed by atoms with Gasteiger partial charge in [0.25, 0.3) is 5.91 Å². The zero-order chi connectivity index (χ0) is 20.9. The Morgan fingerprint density at radius 1 is 1.14 bits per heavy atom. The molecule has 2 rings (SSSR count). The second-order valence-electron chi connectivity index (χ2n) is 5.94. The number of esters is 1. The number of amides is 1. The lowest BCUT2D eigenvalue weighted by Gasteiger charge is -2.17. The van der Waals surface area contributed by atoms with Crippen molar-refractivity contribution in [3.63, 3.8) is 0 Å². The Morgan fingerprint density at radius 3 is 2.39 bits per heavy atom. The van der Waals surface area contributed by atoms with Gasteiger partial charge in [0, 0.05) is 11.4 Å². The van der Waals surface area contributed by atoms with Gasteiger partial charge in [-0.25, -0.2) is 4.39 Å². The summed E-state index contributed by atoms with van der Waals surface area (Å²) in [5.74, 6) is -2.03. The lowest BCUT2D eigenvalue weighted by molar-refractivity contribution is -0.153. The Hall–Kier alpha value is -2.61. The molecule has 1 amide bonds. The molecule has 0 saturated heterocycles. The van der Waals surface area contributed by atoms with Gasteiger partial charge >= 0.3 is 12.1 Å². The van der Waals surface area contributed by atoms with Gasteiger partial charge < -0.3 is 10.1 Å². The maximum atomic E-state index is 13.1. The molecule has 1 N–H and O–H groups in total. The average Bonchev–Trinajstić information content (AvgIpc) is 2.61. The molecule has 2 aromatic rings. The molecule has 150 valence electrons. The first-order valence-electron chi connectivity index (χ1n) is 8.18. The van der Waals surface area contributed by atoms with E-state index in [2.05, 4.69) is 5.32 Å². The van der Waals surface area contributed by atoms with E-state index in [0.717, 1.165) is 6.07 Å². The smallest absolute Gasteiger partial charge is 0.418 e. The molecule has 0 saturated carbocycles. The van der Waals surface area contributed by atoms with Crippen molar-refractivity contribution in [3.05, 3.63) is 64.4 Å². The van der Waals surface area contributed by atoms with E-state index < -0.39 is 41.2 Å². The van der Waals surface area contributed by atoms with E-state index in [-0.39, 0.29) is 17.9 Å². The van der Waals surface area contributed by atoms with Crippen LogP contribution in [0.3, 0.4) is 0 Å². The van der Waals surface area contributed by atoms with Crippen molar-refractivity contribution in [1.82, 2.24) is 0 Å². The molecule has 4 nitrogen and oxygen atoms in total. The highest BCUT2D eigenvalue weighted by Crippen LogP contribution is 2.36. The minimum absolute atomic E-state index is 0.0714.